The van der Waals surface area contributed by atoms with Gasteiger partial charge < -0.3 is 10.0 Å². The van der Waals surface area contributed by atoms with Gasteiger partial charge in [-0.1, -0.05) is 12.1 Å². The Kier molecular flexibility index (Phi) is 5.35. The Morgan fingerprint density at radius 1 is 1.44 bits per heavy atom. The zero-order valence-electron chi connectivity index (χ0n) is 9.64. The molecule has 1 aromatic carbocycles. The lowest BCUT2D eigenvalue weighted by Gasteiger charge is -2.08. The van der Waals surface area contributed by atoms with Crippen LogP contribution in [0.5, 0.6) is 0 Å². The smallest absolute Gasteiger partial charge is 0.335 e. The molecular formula is C12H17NO2S. The highest BCUT2D eigenvalue weighted by molar-refractivity contribution is 7.98. The first-order valence-corrected chi connectivity index (χ1v) is 6.30. The van der Waals surface area contributed by atoms with E-state index in [1.54, 1.807) is 18.2 Å². The zero-order chi connectivity index (χ0) is 12.0. The van der Waals surface area contributed by atoms with Crippen molar-refractivity contribution in [3.05, 3.63) is 35.4 Å². The first-order chi connectivity index (χ1) is 7.59. The zero-order valence-corrected chi connectivity index (χ0v) is 10.5. The van der Waals surface area contributed by atoms with Gasteiger partial charge in [0.15, 0.2) is 0 Å². The first-order valence-electron chi connectivity index (χ1n) is 5.14. The largest absolute Gasteiger partial charge is 0.478 e. The van der Waals surface area contributed by atoms with E-state index in [2.05, 4.69) is 4.90 Å². The number of carboxylic acid groups (broad SMARTS) is 1. The van der Waals surface area contributed by atoms with Crippen LogP contribution >= 0.6 is 11.8 Å². The van der Waals surface area contributed by atoms with Crippen molar-refractivity contribution in [2.75, 3.05) is 26.4 Å². The summed E-state index contributed by atoms with van der Waals surface area (Å²) in [6, 6.07) is 7.13. The normalized spacial score (nSPS) is 10.7. The molecule has 1 rings (SSSR count). The molecular weight excluding hydrogens is 222 g/mol. The molecule has 16 heavy (non-hydrogen) atoms. The number of nitrogens with zero attached hydrogens (tertiary/aromatic N) is 1. The lowest BCUT2D eigenvalue weighted by atomic mass is 10.1. The van der Waals surface area contributed by atoms with Gasteiger partial charge in [-0.2, -0.15) is 11.8 Å². The number of hydrogen-bond acceptors (Lipinski definition) is 3. The molecule has 0 unspecified atom stereocenters. The van der Waals surface area contributed by atoms with Gasteiger partial charge in [-0.25, -0.2) is 4.79 Å². The standard InChI is InChI=1S/C12H17NO2S/c1-13(2)6-7-16-9-10-4-3-5-11(8-10)12(14)15/h3-5,8H,6-7,9H2,1-2H3,(H,14,15). The highest BCUT2D eigenvalue weighted by Crippen LogP contribution is 2.13. The molecule has 0 saturated heterocycles. The minimum Gasteiger partial charge on any atom is -0.478 e. The predicted octanol–water partition coefficient (Wildman–Crippen LogP) is 2.18. The van der Waals surface area contributed by atoms with Crippen molar-refractivity contribution >= 4 is 17.7 Å². The third kappa shape index (κ3) is 4.68. The fourth-order valence-corrected chi connectivity index (χ4v) is 2.29. The van der Waals surface area contributed by atoms with Crippen LogP contribution in [0.2, 0.25) is 0 Å². The molecule has 0 radical (unpaired) electrons. The van der Waals surface area contributed by atoms with Crippen LogP contribution in [0.4, 0.5) is 0 Å². The molecule has 1 N–H and O–H groups in total. The molecule has 0 aliphatic rings. The molecule has 4 heteroatoms. The third-order valence-electron chi connectivity index (χ3n) is 2.13. The van der Waals surface area contributed by atoms with E-state index in [0.29, 0.717) is 5.56 Å². The molecule has 0 aromatic heterocycles. The van der Waals surface area contributed by atoms with E-state index in [0.717, 1.165) is 23.6 Å². The summed E-state index contributed by atoms with van der Waals surface area (Å²) in [5.41, 5.74) is 1.44. The Morgan fingerprint density at radius 2 is 2.19 bits per heavy atom. The van der Waals surface area contributed by atoms with Gasteiger partial charge in [0, 0.05) is 18.1 Å². The van der Waals surface area contributed by atoms with Crippen LogP contribution in [0.1, 0.15) is 15.9 Å². The van der Waals surface area contributed by atoms with Crippen LogP contribution in [-0.2, 0) is 5.75 Å². The SMILES string of the molecule is CN(C)CCSCc1cccc(C(=O)O)c1. The van der Waals surface area contributed by atoms with Gasteiger partial charge in [0.25, 0.3) is 0 Å². The van der Waals surface area contributed by atoms with Crippen LogP contribution in [0.25, 0.3) is 0 Å². The number of rotatable bonds is 6. The summed E-state index contributed by atoms with van der Waals surface area (Å²) < 4.78 is 0. The van der Waals surface area contributed by atoms with E-state index in [4.69, 9.17) is 5.11 Å². The number of hydrogen-bond donors (Lipinski definition) is 1. The Bertz CT molecular complexity index is 353. The minimum absolute atomic E-state index is 0.366. The van der Waals surface area contributed by atoms with E-state index >= 15 is 0 Å². The number of carbonyl (C=O) groups is 1. The highest BCUT2D eigenvalue weighted by atomic mass is 32.2. The lowest BCUT2D eigenvalue weighted by Crippen LogP contribution is -2.14. The predicted molar refractivity (Wildman–Crippen MR) is 68.1 cm³/mol. The summed E-state index contributed by atoms with van der Waals surface area (Å²) >= 11 is 1.82. The molecule has 0 bridgehead atoms. The number of aromatic carboxylic acids is 1. The molecule has 1 aromatic rings. The molecule has 0 amide bonds. The van der Waals surface area contributed by atoms with Crippen LogP contribution in [0.3, 0.4) is 0 Å². The highest BCUT2D eigenvalue weighted by Gasteiger charge is 2.02. The van der Waals surface area contributed by atoms with Crippen molar-refractivity contribution in [1.82, 2.24) is 4.90 Å². The van der Waals surface area contributed by atoms with E-state index in [9.17, 15) is 4.79 Å². The summed E-state index contributed by atoms with van der Waals surface area (Å²) in [6.07, 6.45) is 0. The average molecular weight is 239 g/mol. The molecule has 0 heterocycles. The van der Waals surface area contributed by atoms with Crippen LogP contribution < -0.4 is 0 Å². The summed E-state index contributed by atoms with van der Waals surface area (Å²) in [6.45, 7) is 1.04. The van der Waals surface area contributed by atoms with E-state index in [-0.39, 0.29) is 0 Å². The quantitative estimate of drug-likeness (QED) is 0.772. The molecule has 0 aliphatic carbocycles. The minimum atomic E-state index is -0.861. The Morgan fingerprint density at radius 3 is 2.81 bits per heavy atom. The van der Waals surface area contributed by atoms with E-state index in [1.807, 2.05) is 31.9 Å². The van der Waals surface area contributed by atoms with Gasteiger partial charge in [-0.05, 0) is 31.8 Å². The van der Waals surface area contributed by atoms with Gasteiger partial charge in [0.2, 0.25) is 0 Å². The summed E-state index contributed by atoms with van der Waals surface area (Å²) in [5.74, 6) is 1.07. The fraction of sp³-hybridized carbons (Fsp3) is 0.417. The second-order valence-corrected chi connectivity index (χ2v) is 4.97. The van der Waals surface area contributed by atoms with Crippen LogP contribution in [0, 0.1) is 0 Å². The van der Waals surface area contributed by atoms with Crippen molar-refractivity contribution in [3.8, 4) is 0 Å². The van der Waals surface area contributed by atoms with E-state index < -0.39 is 5.97 Å². The molecule has 0 saturated carbocycles. The lowest BCUT2D eigenvalue weighted by molar-refractivity contribution is 0.0697. The maximum absolute atomic E-state index is 10.8. The maximum atomic E-state index is 10.8. The number of carboxylic acids is 1. The topological polar surface area (TPSA) is 40.5 Å². The summed E-state index contributed by atoms with van der Waals surface area (Å²) in [4.78, 5) is 12.9. The molecule has 88 valence electrons. The third-order valence-corrected chi connectivity index (χ3v) is 3.13. The Labute approximate surface area is 100 Å². The Hall–Kier alpha value is -1.00. The van der Waals surface area contributed by atoms with E-state index in [1.165, 1.54) is 0 Å². The second-order valence-electron chi connectivity index (χ2n) is 3.86. The summed E-state index contributed by atoms with van der Waals surface area (Å²) in [7, 11) is 4.09. The molecule has 0 fully saturated rings. The number of benzene rings is 1. The van der Waals surface area contributed by atoms with Crippen LogP contribution in [0.15, 0.2) is 24.3 Å². The molecule has 0 atom stereocenters. The molecule has 3 nitrogen and oxygen atoms in total. The molecule has 0 spiro atoms. The van der Waals surface area contributed by atoms with Crippen molar-refractivity contribution in [2.24, 2.45) is 0 Å². The van der Waals surface area contributed by atoms with Gasteiger partial charge in [0.1, 0.15) is 0 Å². The Balaban J connectivity index is 2.42. The second kappa shape index (κ2) is 6.55. The monoisotopic (exact) mass is 239 g/mol. The fourth-order valence-electron chi connectivity index (χ4n) is 1.23. The van der Waals surface area contributed by atoms with Crippen molar-refractivity contribution in [1.29, 1.82) is 0 Å². The summed E-state index contributed by atoms with van der Waals surface area (Å²) in [5, 5.41) is 8.84. The molecule has 0 aliphatic heterocycles. The maximum Gasteiger partial charge on any atom is 0.335 e. The van der Waals surface area contributed by atoms with Gasteiger partial charge in [-0.3, -0.25) is 0 Å². The van der Waals surface area contributed by atoms with Gasteiger partial charge >= 0.3 is 5.97 Å². The van der Waals surface area contributed by atoms with Crippen LogP contribution in [-0.4, -0.2) is 42.4 Å². The average Bonchev–Trinajstić information content (AvgIpc) is 2.24. The first kappa shape index (κ1) is 13.1. The van der Waals surface area contributed by atoms with Gasteiger partial charge in [0.05, 0.1) is 5.56 Å². The number of thioether (sulfide) groups is 1. The van der Waals surface area contributed by atoms with Crippen molar-refractivity contribution in [3.63, 3.8) is 0 Å². The van der Waals surface area contributed by atoms with Crippen molar-refractivity contribution in [2.45, 2.75) is 5.75 Å². The van der Waals surface area contributed by atoms with Gasteiger partial charge in [-0.15, -0.1) is 0 Å². The van der Waals surface area contributed by atoms with Crippen molar-refractivity contribution < 1.29 is 9.90 Å².